The van der Waals surface area contributed by atoms with Crippen LogP contribution in [0.25, 0.3) is 0 Å². The van der Waals surface area contributed by atoms with E-state index < -0.39 is 6.43 Å². The lowest BCUT2D eigenvalue weighted by molar-refractivity contribution is 0.148. The van der Waals surface area contributed by atoms with Crippen molar-refractivity contribution >= 4 is 17.4 Å². The molecule has 0 unspecified atom stereocenters. The minimum absolute atomic E-state index is 0.0574. The topological polar surface area (TPSA) is 43.8 Å². The predicted octanol–water partition coefficient (Wildman–Crippen LogP) is 3.09. The highest BCUT2D eigenvalue weighted by Crippen LogP contribution is 2.35. The van der Waals surface area contributed by atoms with Gasteiger partial charge in [0.15, 0.2) is 5.16 Å². The average Bonchev–Trinajstić information content (AvgIpc) is 2.67. The number of rotatable bonds is 3. The Morgan fingerprint density at radius 3 is 2.76 bits per heavy atom. The van der Waals surface area contributed by atoms with Gasteiger partial charge >= 0.3 is 0 Å². The number of benzene rings is 1. The van der Waals surface area contributed by atoms with Gasteiger partial charge in [0.1, 0.15) is 0 Å². The summed E-state index contributed by atoms with van der Waals surface area (Å²) in [5, 5.41) is 0.664. The number of aryl methyl sites for hydroxylation is 1. The Hall–Kier alpha value is -1.56. The van der Waals surface area contributed by atoms with Crippen LogP contribution < -0.4 is 5.73 Å². The van der Waals surface area contributed by atoms with Gasteiger partial charge in [0, 0.05) is 35.6 Å². The van der Waals surface area contributed by atoms with Crippen LogP contribution in [0, 0.1) is 0 Å². The van der Waals surface area contributed by atoms with E-state index in [1.165, 1.54) is 17.8 Å². The first kappa shape index (κ1) is 11.9. The lowest BCUT2D eigenvalue weighted by atomic mass is 10.2. The van der Waals surface area contributed by atoms with Crippen molar-refractivity contribution in [1.82, 2.24) is 9.55 Å². The number of halogens is 2. The predicted molar refractivity (Wildman–Crippen MR) is 63.1 cm³/mol. The molecule has 0 saturated heterocycles. The normalized spacial score (nSPS) is 11.1. The van der Waals surface area contributed by atoms with Gasteiger partial charge in [-0.25, -0.2) is 13.8 Å². The molecule has 2 N–H and O–H groups in total. The van der Waals surface area contributed by atoms with Crippen molar-refractivity contribution in [3.63, 3.8) is 0 Å². The van der Waals surface area contributed by atoms with Gasteiger partial charge in [0.25, 0.3) is 6.43 Å². The Balaban J connectivity index is 2.36. The van der Waals surface area contributed by atoms with Crippen molar-refractivity contribution < 1.29 is 8.78 Å². The van der Waals surface area contributed by atoms with Gasteiger partial charge in [-0.05, 0) is 18.2 Å². The van der Waals surface area contributed by atoms with Crippen LogP contribution in [0.5, 0.6) is 0 Å². The van der Waals surface area contributed by atoms with Gasteiger partial charge in [0.05, 0.1) is 0 Å². The number of imidazole rings is 1. The van der Waals surface area contributed by atoms with Crippen molar-refractivity contribution in [3.8, 4) is 0 Å². The molecule has 1 aromatic carbocycles. The number of nitrogens with zero attached hydrogens (tertiary/aromatic N) is 2. The minimum atomic E-state index is -2.54. The summed E-state index contributed by atoms with van der Waals surface area (Å²) in [6.45, 7) is 0. The summed E-state index contributed by atoms with van der Waals surface area (Å²) in [6.07, 6.45) is 0.852. The van der Waals surface area contributed by atoms with Crippen molar-refractivity contribution in [2.24, 2.45) is 7.05 Å². The minimum Gasteiger partial charge on any atom is -0.399 e. The van der Waals surface area contributed by atoms with Crippen LogP contribution in [0.2, 0.25) is 0 Å². The largest absolute Gasteiger partial charge is 0.399 e. The second-order valence-electron chi connectivity index (χ2n) is 3.52. The molecule has 1 heterocycles. The zero-order chi connectivity index (χ0) is 12.4. The first-order chi connectivity index (χ1) is 8.08. The van der Waals surface area contributed by atoms with Crippen LogP contribution in [-0.4, -0.2) is 9.55 Å². The van der Waals surface area contributed by atoms with Crippen molar-refractivity contribution in [2.45, 2.75) is 16.5 Å². The molecule has 0 spiro atoms. The summed E-state index contributed by atoms with van der Waals surface area (Å²) < 4.78 is 27.5. The molecule has 2 rings (SSSR count). The fourth-order valence-electron chi connectivity index (χ4n) is 1.38. The molecule has 0 fully saturated rings. The molecule has 90 valence electrons. The molecule has 1 aromatic heterocycles. The van der Waals surface area contributed by atoms with E-state index in [-0.39, 0.29) is 5.56 Å². The number of nitrogens with two attached hydrogens (primary N) is 1. The number of hydrogen-bond acceptors (Lipinski definition) is 3. The summed E-state index contributed by atoms with van der Waals surface area (Å²) in [7, 11) is 1.81. The van der Waals surface area contributed by atoms with Crippen LogP contribution in [0.1, 0.15) is 12.0 Å². The third-order valence-electron chi connectivity index (χ3n) is 2.25. The summed E-state index contributed by atoms with van der Waals surface area (Å²) in [6, 6.07) is 4.50. The summed E-state index contributed by atoms with van der Waals surface area (Å²) in [4.78, 5) is 4.56. The second kappa shape index (κ2) is 4.75. The van der Waals surface area contributed by atoms with E-state index in [4.69, 9.17) is 5.73 Å². The van der Waals surface area contributed by atoms with Gasteiger partial charge in [0.2, 0.25) is 0 Å². The number of anilines is 1. The highest BCUT2D eigenvalue weighted by atomic mass is 32.2. The van der Waals surface area contributed by atoms with Gasteiger partial charge in [-0.15, -0.1) is 0 Å². The van der Waals surface area contributed by atoms with Crippen LogP contribution in [0.4, 0.5) is 14.5 Å². The lowest BCUT2D eigenvalue weighted by Gasteiger charge is -2.09. The van der Waals surface area contributed by atoms with Crippen molar-refractivity contribution in [3.05, 3.63) is 36.2 Å². The Bertz CT molecular complexity index is 525. The Morgan fingerprint density at radius 2 is 2.18 bits per heavy atom. The molecule has 3 nitrogen and oxygen atoms in total. The van der Waals surface area contributed by atoms with E-state index >= 15 is 0 Å². The first-order valence-corrected chi connectivity index (χ1v) is 5.72. The van der Waals surface area contributed by atoms with Gasteiger partial charge < -0.3 is 10.3 Å². The van der Waals surface area contributed by atoms with E-state index in [2.05, 4.69) is 4.98 Å². The maximum atomic E-state index is 12.8. The molecule has 2 aromatic rings. The molecule has 0 radical (unpaired) electrons. The number of alkyl halides is 2. The quantitative estimate of drug-likeness (QED) is 0.857. The third kappa shape index (κ3) is 2.58. The van der Waals surface area contributed by atoms with Crippen LogP contribution in [0.15, 0.2) is 40.6 Å². The molecule has 0 aliphatic rings. The highest BCUT2D eigenvalue weighted by molar-refractivity contribution is 7.99. The fourth-order valence-corrected chi connectivity index (χ4v) is 2.30. The highest BCUT2D eigenvalue weighted by Gasteiger charge is 2.15. The molecule has 0 amide bonds. The molecule has 0 saturated carbocycles. The third-order valence-corrected chi connectivity index (χ3v) is 3.41. The van der Waals surface area contributed by atoms with E-state index in [1.807, 2.05) is 7.05 Å². The number of aromatic nitrogens is 2. The van der Waals surface area contributed by atoms with E-state index in [0.717, 1.165) is 0 Å². The molecular formula is C11H11F2N3S. The van der Waals surface area contributed by atoms with Crippen LogP contribution in [0.3, 0.4) is 0 Å². The lowest BCUT2D eigenvalue weighted by Crippen LogP contribution is -1.94. The van der Waals surface area contributed by atoms with Crippen LogP contribution in [-0.2, 0) is 7.05 Å². The average molecular weight is 255 g/mol. The fraction of sp³-hybridized carbons (Fsp3) is 0.182. The Kier molecular flexibility index (Phi) is 3.33. The monoisotopic (exact) mass is 255 g/mol. The molecule has 0 aliphatic heterocycles. The summed E-state index contributed by atoms with van der Waals surface area (Å²) in [5.41, 5.74) is 5.79. The van der Waals surface area contributed by atoms with Gasteiger partial charge in [-0.1, -0.05) is 11.8 Å². The number of nitrogen functional groups attached to an aromatic ring is 1. The van der Waals surface area contributed by atoms with Gasteiger partial charge in [-0.2, -0.15) is 0 Å². The van der Waals surface area contributed by atoms with Crippen molar-refractivity contribution in [1.29, 1.82) is 0 Å². The van der Waals surface area contributed by atoms with E-state index in [1.54, 1.807) is 29.1 Å². The zero-order valence-electron chi connectivity index (χ0n) is 9.10. The maximum absolute atomic E-state index is 12.8. The van der Waals surface area contributed by atoms with Gasteiger partial charge in [-0.3, -0.25) is 0 Å². The maximum Gasteiger partial charge on any atom is 0.265 e. The smallest absolute Gasteiger partial charge is 0.265 e. The second-order valence-corrected chi connectivity index (χ2v) is 4.53. The van der Waals surface area contributed by atoms with Crippen LogP contribution >= 0.6 is 11.8 Å². The molecule has 0 aliphatic carbocycles. The Labute approximate surface area is 102 Å². The zero-order valence-corrected chi connectivity index (χ0v) is 9.92. The Morgan fingerprint density at radius 1 is 1.41 bits per heavy atom. The summed E-state index contributed by atoms with van der Waals surface area (Å²) >= 11 is 1.20. The van der Waals surface area contributed by atoms with E-state index in [0.29, 0.717) is 15.7 Å². The molecule has 0 bridgehead atoms. The molecule has 0 atom stereocenters. The molecular weight excluding hydrogens is 244 g/mol. The van der Waals surface area contributed by atoms with E-state index in [9.17, 15) is 8.78 Å². The number of hydrogen-bond donors (Lipinski definition) is 1. The standard InChI is InChI=1S/C11H11F2N3S/c1-16-5-4-15-11(16)17-9-3-2-7(14)6-8(9)10(12)13/h2-6,10H,14H2,1H3. The molecule has 6 heteroatoms. The molecule has 17 heavy (non-hydrogen) atoms. The van der Waals surface area contributed by atoms with Crippen molar-refractivity contribution in [2.75, 3.05) is 5.73 Å². The first-order valence-electron chi connectivity index (χ1n) is 4.90. The SMILES string of the molecule is Cn1ccnc1Sc1ccc(N)cc1C(F)F. The summed E-state index contributed by atoms with van der Waals surface area (Å²) in [5.74, 6) is 0.